The van der Waals surface area contributed by atoms with Gasteiger partial charge in [-0.1, -0.05) is 24.6 Å². The van der Waals surface area contributed by atoms with Gasteiger partial charge in [0.1, 0.15) is 11.6 Å². The third-order valence-corrected chi connectivity index (χ3v) is 5.65. The highest BCUT2D eigenvalue weighted by molar-refractivity contribution is 6.31. The molecule has 0 saturated heterocycles. The number of aromatic nitrogens is 1. The van der Waals surface area contributed by atoms with Gasteiger partial charge in [0, 0.05) is 28.6 Å². The molecule has 0 aliphatic rings. The van der Waals surface area contributed by atoms with Crippen LogP contribution >= 0.6 is 11.6 Å². The highest BCUT2D eigenvalue weighted by atomic mass is 35.5. The van der Waals surface area contributed by atoms with Gasteiger partial charge in [0.15, 0.2) is 5.78 Å². The second-order valence-corrected chi connectivity index (χ2v) is 7.92. The number of aromatic carboxylic acids is 1. The molecule has 1 heterocycles. The number of rotatable bonds is 8. The van der Waals surface area contributed by atoms with E-state index < -0.39 is 29.2 Å². The summed E-state index contributed by atoms with van der Waals surface area (Å²) >= 11 is 6.08. The van der Waals surface area contributed by atoms with Crippen molar-refractivity contribution >= 4 is 23.4 Å². The van der Waals surface area contributed by atoms with Crippen LogP contribution in [-0.2, 0) is 11.2 Å². The van der Waals surface area contributed by atoms with Crippen LogP contribution in [0.2, 0.25) is 5.02 Å². The first-order chi connectivity index (χ1) is 16.2. The van der Waals surface area contributed by atoms with Crippen molar-refractivity contribution in [3.63, 3.8) is 0 Å². The molecule has 34 heavy (non-hydrogen) atoms. The largest absolute Gasteiger partial charge is 0.495 e. The van der Waals surface area contributed by atoms with Crippen molar-refractivity contribution < 1.29 is 23.8 Å². The van der Waals surface area contributed by atoms with Crippen LogP contribution in [0.15, 0.2) is 53.5 Å². The second-order valence-electron chi connectivity index (χ2n) is 7.48. The Labute approximate surface area is 199 Å². The van der Waals surface area contributed by atoms with Gasteiger partial charge in [0.25, 0.3) is 5.56 Å². The quantitative estimate of drug-likeness (QED) is 0.500. The van der Waals surface area contributed by atoms with Crippen LogP contribution in [-0.4, -0.2) is 28.5 Å². The summed E-state index contributed by atoms with van der Waals surface area (Å²) in [6, 6.07) is 10.4. The minimum atomic E-state index is -1.28. The number of nitrogens with zero attached hydrogens (tertiary/aromatic N) is 2. The Morgan fingerprint density at radius 2 is 1.94 bits per heavy atom. The van der Waals surface area contributed by atoms with Crippen LogP contribution in [0.25, 0.3) is 11.1 Å². The van der Waals surface area contributed by atoms with Gasteiger partial charge in [-0.2, -0.15) is 5.26 Å². The van der Waals surface area contributed by atoms with Gasteiger partial charge < -0.3 is 14.4 Å². The molecule has 174 valence electrons. The molecule has 1 aromatic heterocycles. The highest BCUT2D eigenvalue weighted by Gasteiger charge is 2.24. The SMILES string of the molecule is CCC(C(=O)Cc1ccc(C(=O)O)cc1F)n1cc(OC)c(-c2cc(Cl)ccc2C#N)cc1=O. The second kappa shape index (κ2) is 10.3. The number of methoxy groups -OCH3 is 1. The number of ether oxygens (including phenoxy) is 1. The van der Waals surface area contributed by atoms with Crippen molar-refractivity contribution in [2.45, 2.75) is 25.8 Å². The molecule has 3 aromatic rings. The summed E-state index contributed by atoms with van der Waals surface area (Å²) in [6.07, 6.45) is 1.31. The number of Topliss-reactive ketones (excluding diaryl/α,β-unsaturated/α-hetero) is 1. The maximum atomic E-state index is 14.3. The van der Waals surface area contributed by atoms with Crippen molar-refractivity contribution in [3.05, 3.63) is 86.5 Å². The van der Waals surface area contributed by atoms with Gasteiger partial charge in [-0.05, 0) is 42.3 Å². The Kier molecular flexibility index (Phi) is 7.49. The fraction of sp³-hybridized carbons (Fsp3) is 0.200. The summed E-state index contributed by atoms with van der Waals surface area (Å²) in [6.45, 7) is 1.71. The number of ketones is 1. The van der Waals surface area contributed by atoms with Gasteiger partial charge in [-0.3, -0.25) is 9.59 Å². The Bertz CT molecular complexity index is 1380. The molecular weight excluding hydrogens is 463 g/mol. The lowest BCUT2D eigenvalue weighted by Gasteiger charge is -2.20. The number of carbonyl (C=O) groups excluding carboxylic acids is 1. The lowest BCUT2D eigenvalue weighted by Crippen LogP contribution is -2.30. The third-order valence-electron chi connectivity index (χ3n) is 5.42. The molecular formula is C25H20ClFN2O5. The fourth-order valence-corrected chi connectivity index (χ4v) is 3.86. The molecule has 0 bridgehead atoms. The predicted molar refractivity (Wildman–Crippen MR) is 124 cm³/mol. The van der Waals surface area contributed by atoms with Crippen molar-refractivity contribution in [3.8, 4) is 22.9 Å². The van der Waals surface area contributed by atoms with Crippen molar-refractivity contribution in [1.29, 1.82) is 5.26 Å². The Hall–Kier alpha value is -3.96. The van der Waals surface area contributed by atoms with Gasteiger partial charge in [0.2, 0.25) is 0 Å². The zero-order chi connectivity index (χ0) is 25.0. The van der Waals surface area contributed by atoms with Gasteiger partial charge >= 0.3 is 5.97 Å². The monoisotopic (exact) mass is 482 g/mol. The lowest BCUT2D eigenvalue weighted by atomic mass is 9.98. The molecule has 2 aromatic carbocycles. The average Bonchev–Trinajstić information content (AvgIpc) is 2.81. The van der Waals surface area contributed by atoms with Crippen molar-refractivity contribution in [1.82, 2.24) is 4.57 Å². The summed E-state index contributed by atoms with van der Waals surface area (Å²) in [7, 11) is 1.40. The first-order valence-corrected chi connectivity index (χ1v) is 10.6. The maximum Gasteiger partial charge on any atom is 0.335 e. The summed E-state index contributed by atoms with van der Waals surface area (Å²) in [5.41, 5.74) is 0.346. The van der Waals surface area contributed by atoms with Gasteiger partial charge in [0.05, 0.1) is 36.5 Å². The van der Waals surface area contributed by atoms with Gasteiger partial charge in [-0.15, -0.1) is 0 Å². The molecule has 0 fully saturated rings. The Morgan fingerprint density at radius 3 is 2.53 bits per heavy atom. The van der Waals surface area contributed by atoms with E-state index in [4.69, 9.17) is 21.4 Å². The molecule has 0 amide bonds. The molecule has 1 N–H and O–H groups in total. The molecule has 0 spiro atoms. The molecule has 1 unspecified atom stereocenters. The molecule has 7 nitrogen and oxygen atoms in total. The standard InChI is InChI=1S/C25H20ClFN2O5/c1-3-21(22(30)9-14-4-5-15(25(32)33)8-20(14)27)29-13-23(34-2)19(11-24(29)31)18-10-17(26)7-6-16(18)12-28/h4-8,10-11,13,21H,3,9H2,1-2H3,(H,32,33). The number of carbonyl (C=O) groups is 2. The van der Waals surface area contributed by atoms with E-state index in [1.165, 1.54) is 42.1 Å². The average molecular weight is 483 g/mol. The van der Waals surface area contributed by atoms with E-state index >= 15 is 0 Å². The Morgan fingerprint density at radius 1 is 1.21 bits per heavy atom. The highest BCUT2D eigenvalue weighted by Crippen LogP contribution is 2.33. The predicted octanol–water partition coefficient (Wildman–Crippen LogP) is 4.65. The summed E-state index contributed by atoms with van der Waals surface area (Å²) in [5.74, 6) is -2.27. The number of pyridine rings is 1. The summed E-state index contributed by atoms with van der Waals surface area (Å²) in [5, 5.41) is 18.8. The zero-order valence-corrected chi connectivity index (χ0v) is 19.1. The molecule has 0 aliphatic carbocycles. The molecule has 1 atom stereocenters. The number of hydrogen-bond acceptors (Lipinski definition) is 5. The first kappa shape index (κ1) is 24.7. The van der Waals surface area contributed by atoms with E-state index in [1.807, 2.05) is 0 Å². The first-order valence-electron chi connectivity index (χ1n) is 10.2. The molecule has 3 rings (SSSR count). The van der Waals surface area contributed by atoms with Crippen molar-refractivity contribution in [2.24, 2.45) is 0 Å². The minimum absolute atomic E-state index is 0.0303. The van der Waals surface area contributed by atoms with Crippen LogP contribution in [0.4, 0.5) is 4.39 Å². The van der Waals surface area contributed by atoms with Crippen molar-refractivity contribution in [2.75, 3.05) is 7.11 Å². The van der Waals surface area contributed by atoms with Crippen LogP contribution in [0.1, 0.15) is 40.9 Å². The van der Waals surface area contributed by atoms with E-state index in [2.05, 4.69) is 6.07 Å². The number of carboxylic acid groups (broad SMARTS) is 1. The number of hydrogen-bond donors (Lipinski definition) is 1. The smallest absolute Gasteiger partial charge is 0.335 e. The topological polar surface area (TPSA) is 109 Å². The summed E-state index contributed by atoms with van der Waals surface area (Å²) in [4.78, 5) is 37.0. The van der Waals surface area contributed by atoms with Crippen LogP contribution < -0.4 is 10.3 Å². The third kappa shape index (κ3) is 5.00. The van der Waals surface area contributed by atoms with Crippen LogP contribution in [0.3, 0.4) is 0 Å². The Balaban J connectivity index is 2.01. The molecule has 0 aliphatic heterocycles. The van der Waals surface area contributed by atoms with Crippen LogP contribution in [0.5, 0.6) is 5.75 Å². The van der Waals surface area contributed by atoms with E-state index in [-0.39, 0.29) is 29.7 Å². The van der Waals surface area contributed by atoms with E-state index in [9.17, 15) is 24.0 Å². The lowest BCUT2D eigenvalue weighted by molar-refractivity contribution is -0.121. The van der Waals surface area contributed by atoms with E-state index in [0.29, 0.717) is 21.7 Å². The van der Waals surface area contributed by atoms with E-state index in [1.54, 1.807) is 19.1 Å². The van der Waals surface area contributed by atoms with Crippen LogP contribution in [0, 0.1) is 17.1 Å². The van der Waals surface area contributed by atoms with Gasteiger partial charge in [-0.25, -0.2) is 9.18 Å². The number of nitriles is 1. The number of halogens is 2. The minimum Gasteiger partial charge on any atom is -0.495 e. The number of carboxylic acids is 1. The fourth-order valence-electron chi connectivity index (χ4n) is 3.69. The molecule has 9 heteroatoms. The normalized spacial score (nSPS) is 11.5. The summed E-state index contributed by atoms with van der Waals surface area (Å²) < 4.78 is 21.0. The maximum absolute atomic E-state index is 14.3. The van der Waals surface area contributed by atoms with E-state index in [0.717, 1.165) is 6.07 Å². The zero-order valence-electron chi connectivity index (χ0n) is 18.3. The molecule has 0 saturated carbocycles. The molecule has 0 radical (unpaired) electrons. The number of benzene rings is 2.